The molecule has 2 rings (SSSR count). The standard InChI is InChI=1S/C16H16N2O3/c1-9-4-6-12(8-13(9)16(20)21)18-15(19)11-5-3-10(2)14(17)7-11/h3-8H,17H2,1-2H3,(H,18,19)(H,20,21). The monoisotopic (exact) mass is 284 g/mol. The smallest absolute Gasteiger partial charge is 0.336 e. The molecule has 2 aromatic rings. The van der Waals surface area contributed by atoms with Crippen LogP contribution in [0.1, 0.15) is 31.8 Å². The molecule has 0 aliphatic carbocycles. The second-order valence-corrected chi connectivity index (χ2v) is 4.86. The molecule has 0 aliphatic heterocycles. The van der Waals surface area contributed by atoms with E-state index in [-0.39, 0.29) is 11.5 Å². The van der Waals surface area contributed by atoms with Crippen molar-refractivity contribution in [2.24, 2.45) is 0 Å². The highest BCUT2D eigenvalue weighted by Gasteiger charge is 2.11. The lowest BCUT2D eigenvalue weighted by molar-refractivity contribution is 0.0695. The van der Waals surface area contributed by atoms with Crippen LogP contribution in [0.2, 0.25) is 0 Å². The Hall–Kier alpha value is -2.82. The minimum absolute atomic E-state index is 0.163. The molecular formula is C16H16N2O3. The zero-order chi connectivity index (χ0) is 15.6. The fourth-order valence-electron chi connectivity index (χ4n) is 1.92. The van der Waals surface area contributed by atoms with Crippen LogP contribution in [0, 0.1) is 13.8 Å². The average Bonchev–Trinajstić information content (AvgIpc) is 2.43. The first kappa shape index (κ1) is 14.6. The Bertz CT molecular complexity index is 723. The van der Waals surface area contributed by atoms with Gasteiger partial charge in [0.15, 0.2) is 0 Å². The number of nitrogens with two attached hydrogens (primary N) is 1. The molecule has 2 aromatic carbocycles. The van der Waals surface area contributed by atoms with Gasteiger partial charge in [0.2, 0.25) is 0 Å². The van der Waals surface area contributed by atoms with E-state index < -0.39 is 5.97 Å². The van der Waals surface area contributed by atoms with E-state index in [2.05, 4.69) is 5.32 Å². The highest BCUT2D eigenvalue weighted by atomic mass is 16.4. The van der Waals surface area contributed by atoms with Gasteiger partial charge in [0, 0.05) is 16.9 Å². The van der Waals surface area contributed by atoms with Crippen LogP contribution in [-0.4, -0.2) is 17.0 Å². The minimum atomic E-state index is -1.02. The fourth-order valence-corrected chi connectivity index (χ4v) is 1.92. The number of carbonyl (C=O) groups excluding carboxylic acids is 1. The van der Waals surface area contributed by atoms with Gasteiger partial charge >= 0.3 is 5.97 Å². The minimum Gasteiger partial charge on any atom is -0.478 e. The molecule has 0 unspecified atom stereocenters. The summed E-state index contributed by atoms with van der Waals surface area (Å²) >= 11 is 0. The molecule has 0 atom stereocenters. The SMILES string of the molecule is Cc1ccc(C(=O)Nc2ccc(C)c(C(=O)O)c2)cc1N. The number of hydrogen-bond acceptors (Lipinski definition) is 3. The summed E-state index contributed by atoms with van der Waals surface area (Å²) in [5.41, 5.74) is 8.88. The van der Waals surface area contributed by atoms with E-state index >= 15 is 0 Å². The van der Waals surface area contributed by atoms with E-state index in [0.717, 1.165) is 5.56 Å². The Labute approximate surface area is 122 Å². The number of nitrogen functional groups attached to an aromatic ring is 1. The van der Waals surface area contributed by atoms with Crippen molar-refractivity contribution in [3.63, 3.8) is 0 Å². The van der Waals surface area contributed by atoms with Crippen LogP contribution in [0.5, 0.6) is 0 Å². The second kappa shape index (κ2) is 5.66. The molecule has 0 bridgehead atoms. The van der Waals surface area contributed by atoms with E-state index in [4.69, 9.17) is 10.8 Å². The first-order valence-electron chi connectivity index (χ1n) is 6.40. The molecule has 21 heavy (non-hydrogen) atoms. The first-order valence-corrected chi connectivity index (χ1v) is 6.40. The van der Waals surface area contributed by atoms with Crippen molar-refractivity contribution in [3.05, 3.63) is 58.7 Å². The van der Waals surface area contributed by atoms with Gasteiger partial charge in [0.25, 0.3) is 5.91 Å². The Morgan fingerprint density at radius 3 is 2.33 bits per heavy atom. The number of rotatable bonds is 3. The van der Waals surface area contributed by atoms with Crippen molar-refractivity contribution in [1.82, 2.24) is 0 Å². The maximum Gasteiger partial charge on any atom is 0.336 e. The predicted octanol–water partition coefficient (Wildman–Crippen LogP) is 2.84. The van der Waals surface area contributed by atoms with Crippen molar-refractivity contribution in [3.8, 4) is 0 Å². The van der Waals surface area contributed by atoms with Gasteiger partial charge < -0.3 is 16.2 Å². The normalized spacial score (nSPS) is 10.2. The van der Waals surface area contributed by atoms with Crippen molar-refractivity contribution in [2.45, 2.75) is 13.8 Å². The van der Waals surface area contributed by atoms with E-state index in [1.165, 1.54) is 6.07 Å². The van der Waals surface area contributed by atoms with E-state index in [1.54, 1.807) is 37.3 Å². The highest BCUT2D eigenvalue weighted by Crippen LogP contribution is 2.18. The van der Waals surface area contributed by atoms with Crippen molar-refractivity contribution >= 4 is 23.3 Å². The summed E-state index contributed by atoms with van der Waals surface area (Å²) in [7, 11) is 0. The van der Waals surface area contributed by atoms with Crippen LogP contribution in [0.3, 0.4) is 0 Å². The Kier molecular flexibility index (Phi) is 3.93. The van der Waals surface area contributed by atoms with E-state index in [9.17, 15) is 9.59 Å². The largest absolute Gasteiger partial charge is 0.478 e. The van der Waals surface area contributed by atoms with Crippen molar-refractivity contribution in [2.75, 3.05) is 11.1 Å². The molecule has 0 saturated heterocycles. The number of nitrogens with one attached hydrogen (secondary N) is 1. The number of carbonyl (C=O) groups is 2. The summed E-state index contributed by atoms with van der Waals surface area (Å²) in [6.45, 7) is 3.56. The molecule has 0 fully saturated rings. The number of aromatic carboxylic acids is 1. The van der Waals surface area contributed by atoms with E-state index in [1.807, 2.05) is 6.92 Å². The molecule has 0 aromatic heterocycles. The molecule has 5 nitrogen and oxygen atoms in total. The molecular weight excluding hydrogens is 268 g/mol. The lowest BCUT2D eigenvalue weighted by Gasteiger charge is -2.09. The Morgan fingerprint density at radius 1 is 1.05 bits per heavy atom. The Balaban J connectivity index is 2.25. The first-order chi connectivity index (χ1) is 9.88. The molecule has 0 saturated carbocycles. The zero-order valence-corrected chi connectivity index (χ0v) is 11.8. The lowest BCUT2D eigenvalue weighted by atomic mass is 10.1. The number of amides is 1. The summed E-state index contributed by atoms with van der Waals surface area (Å²) in [6, 6.07) is 9.79. The third-order valence-electron chi connectivity index (χ3n) is 3.27. The van der Waals surface area contributed by atoms with Gasteiger partial charge in [-0.05, 0) is 49.2 Å². The molecule has 0 heterocycles. The third kappa shape index (κ3) is 3.20. The summed E-state index contributed by atoms with van der Waals surface area (Å²) in [4.78, 5) is 23.2. The second-order valence-electron chi connectivity index (χ2n) is 4.86. The number of carboxylic acid groups (broad SMARTS) is 1. The quantitative estimate of drug-likeness (QED) is 0.756. The molecule has 0 aliphatic rings. The summed E-state index contributed by atoms with van der Waals surface area (Å²) < 4.78 is 0. The molecule has 1 amide bonds. The van der Waals surface area contributed by atoms with Crippen LogP contribution in [0.4, 0.5) is 11.4 Å². The maximum atomic E-state index is 12.1. The van der Waals surface area contributed by atoms with Crippen LogP contribution in [0.15, 0.2) is 36.4 Å². The summed E-state index contributed by atoms with van der Waals surface area (Å²) in [5, 5.41) is 11.7. The zero-order valence-electron chi connectivity index (χ0n) is 11.8. The number of hydrogen-bond donors (Lipinski definition) is 3. The highest BCUT2D eigenvalue weighted by molar-refractivity contribution is 6.05. The summed E-state index contributed by atoms with van der Waals surface area (Å²) in [5.74, 6) is -1.36. The van der Waals surface area contributed by atoms with Crippen LogP contribution >= 0.6 is 0 Å². The number of benzene rings is 2. The van der Waals surface area contributed by atoms with Crippen LogP contribution in [0.25, 0.3) is 0 Å². The number of carboxylic acids is 1. The van der Waals surface area contributed by atoms with Gasteiger partial charge in [-0.15, -0.1) is 0 Å². The predicted molar refractivity (Wildman–Crippen MR) is 81.7 cm³/mol. The van der Waals surface area contributed by atoms with Crippen LogP contribution < -0.4 is 11.1 Å². The maximum absolute atomic E-state index is 12.1. The molecule has 5 heteroatoms. The molecule has 0 radical (unpaired) electrons. The van der Waals surface area contributed by atoms with Gasteiger partial charge in [-0.25, -0.2) is 4.79 Å². The van der Waals surface area contributed by atoms with Gasteiger partial charge in [-0.3, -0.25) is 4.79 Å². The molecule has 0 spiro atoms. The number of anilines is 2. The Morgan fingerprint density at radius 2 is 1.71 bits per heavy atom. The third-order valence-corrected chi connectivity index (χ3v) is 3.27. The van der Waals surface area contributed by atoms with Crippen molar-refractivity contribution in [1.29, 1.82) is 0 Å². The molecule has 108 valence electrons. The van der Waals surface area contributed by atoms with Gasteiger partial charge in [-0.2, -0.15) is 0 Å². The van der Waals surface area contributed by atoms with Gasteiger partial charge in [0.1, 0.15) is 0 Å². The van der Waals surface area contributed by atoms with Gasteiger partial charge in [0.05, 0.1) is 5.56 Å². The summed E-state index contributed by atoms with van der Waals surface area (Å²) in [6.07, 6.45) is 0. The fraction of sp³-hybridized carbons (Fsp3) is 0.125. The van der Waals surface area contributed by atoms with E-state index in [0.29, 0.717) is 22.5 Å². The topological polar surface area (TPSA) is 92.4 Å². The lowest BCUT2D eigenvalue weighted by Crippen LogP contribution is -2.13. The van der Waals surface area contributed by atoms with Gasteiger partial charge in [-0.1, -0.05) is 12.1 Å². The van der Waals surface area contributed by atoms with Crippen LogP contribution in [-0.2, 0) is 0 Å². The average molecular weight is 284 g/mol. The molecule has 4 N–H and O–H groups in total. The number of aryl methyl sites for hydroxylation is 2. The van der Waals surface area contributed by atoms with Crippen molar-refractivity contribution < 1.29 is 14.7 Å².